The van der Waals surface area contributed by atoms with Crippen molar-refractivity contribution in [3.05, 3.63) is 22.4 Å². The predicted molar refractivity (Wildman–Crippen MR) is 45.9 cm³/mol. The van der Waals surface area contributed by atoms with Gasteiger partial charge in [-0.15, -0.1) is 0 Å². The highest BCUT2D eigenvalue weighted by molar-refractivity contribution is 7.07. The number of hydrogen-bond acceptors (Lipinski definition) is 3. The second kappa shape index (κ2) is 5.29. The van der Waals surface area contributed by atoms with Gasteiger partial charge in [0.1, 0.15) is 0 Å². The SMILES string of the molecule is COCCOCc1ccsc1. The van der Waals surface area contributed by atoms with Crippen molar-refractivity contribution in [3.8, 4) is 0 Å². The molecule has 11 heavy (non-hydrogen) atoms. The van der Waals surface area contributed by atoms with Crippen molar-refractivity contribution < 1.29 is 9.47 Å². The monoisotopic (exact) mass is 172 g/mol. The third-order valence-electron chi connectivity index (χ3n) is 1.28. The average Bonchev–Trinajstić information content (AvgIpc) is 2.50. The molecular weight excluding hydrogens is 160 g/mol. The molecule has 0 radical (unpaired) electrons. The minimum absolute atomic E-state index is 0.671. The van der Waals surface area contributed by atoms with E-state index in [4.69, 9.17) is 9.47 Å². The highest BCUT2D eigenvalue weighted by Crippen LogP contribution is 2.06. The van der Waals surface area contributed by atoms with Gasteiger partial charge in [-0.25, -0.2) is 0 Å². The summed E-state index contributed by atoms with van der Waals surface area (Å²) in [6, 6.07) is 2.07. The maximum Gasteiger partial charge on any atom is 0.0726 e. The molecule has 1 aromatic heterocycles. The molecular formula is C8H12O2S. The predicted octanol–water partition coefficient (Wildman–Crippen LogP) is 1.91. The van der Waals surface area contributed by atoms with Crippen LogP contribution in [0.2, 0.25) is 0 Å². The van der Waals surface area contributed by atoms with Crippen LogP contribution in [0.5, 0.6) is 0 Å². The smallest absolute Gasteiger partial charge is 0.0726 e. The molecule has 0 amide bonds. The molecule has 0 saturated heterocycles. The Morgan fingerprint density at radius 1 is 1.45 bits per heavy atom. The lowest BCUT2D eigenvalue weighted by Gasteiger charge is -2.00. The molecule has 62 valence electrons. The summed E-state index contributed by atoms with van der Waals surface area (Å²) in [6.07, 6.45) is 0. The molecule has 0 aliphatic heterocycles. The quantitative estimate of drug-likeness (QED) is 0.632. The highest BCUT2D eigenvalue weighted by atomic mass is 32.1. The van der Waals surface area contributed by atoms with Gasteiger partial charge in [-0.1, -0.05) is 0 Å². The zero-order chi connectivity index (χ0) is 7.94. The molecule has 0 aromatic carbocycles. The molecule has 0 atom stereocenters. The number of hydrogen-bond donors (Lipinski definition) is 0. The van der Waals surface area contributed by atoms with E-state index in [0.717, 1.165) is 0 Å². The van der Waals surface area contributed by atoms with E-state index in [9.17, 15) is 0 Å². The summed E-state index contributed by atoms with van der Waals surface area (Å²) in [7, 11) is 1.67. The van der Waals surface area contributed by atoms with Gasteiger partial charge >= 0.3 is 0 Å². The Morgan fingerprint density at radius 3 is 3.00 bits per heavy atom. The average molecular weight is 172 g/mol. The van der Waals surface area contributed by atoms with Gasteiger partial charge in [0.15, 0.2) is 0 Å². The van der Waals surface area contributed by atoms with Gasteiger partial charge in [0, 0.05) is 7.11 Å². The van der Waals surface area contributed by atoms with Gasteiger partial charge in [0.2, 0.25) is 0 Å². The fourth-order valence-corrected chi connectivity index (χ4v) is 1.36. The van der Waals surface area contributed by atoms with E-state index >= 15 is 0 Å². The Labute approximate surface area is 70.8 Å². The van der Waals surface area contributed by atoms with Crippen molar-refractivity contribution in [2.45, 2.75) is 6.61 Å². The second-order valence-electron chi connectivity index (χ2n) is 2.18. The highest BCUT2D eigenvalue weighted by Gasteiger charge is 1.91. The third kappa shape index (κ3) is 3.51. The lowest BCUT2D eigenvalue weighted by atomic mass is 10.4. The van der Waals surface area contributed by atoms with Crippen molar-refractivity contribution in [1.29, 1.82) is 0 Å². The fraction of sp³-hybridized carbons (Fsp3) is 0.500. The summed E-state index contributed by atoms with van der Waals surface area (Å²) in [5.74, 6) is 0. The number of rotatable bonds is 5. The lowest BCUT2D eigenvalue weighted by molar-refractivity contribution is 0.0618. The van der Waals surface area contributed by atoms with E-state index in [0.29, 0.717) is 19.8 Å². The zero-order valence-corrected chi connectivity index (χ0v) is 7.39. The normalized spacial score (nSPS) is 10.3. The molecule has 0 saturated carbocycles. The van der Waals surface area contributed by atoms with Crippen LogP contribution in [0, 0.1) is 0 Å². The van der Waals surface area contributed by atoms with Crippen molar-refractivity contribution in [2.24, 2.45) is 0 Å². The first-order valence-corrected chi connectivity index (χ1v) is 4.45. The summed E-state index contributed by atoms with van der Waals surface area (Å²) in [6.45, 7) is 2.04. The Balaban J connectivity index is 2.04. The van der Waals surface area contributed by atoms with Crippen molar-refractivity contribution in [2.75, 3.05) is 20.3 Å². The maximum absolute atomic E-state index is 5.30. The summed E-state index contributed by atoms with van der Waals surface area (Å²) in [5.41, 5.74) is 1.24. The number of thiophene rings is 1. The van der Waals surface area contributed by atoms with Gasteiger partial charge in [-0.3, -0.25) is 0 Å². The Kier molecular flexibility index (Phi) is 4.19. The number of ether oxygens (including phenoxy) is 2. The lowest BCUT2D eigenvalue weighted by Crippen LogP contribution is -2.00. The van der Waals surface area contributed by atoms with E-state index in [1.165, 1.54) is 5.56 Å². The minimum atomic E-state index is 0.671. The van der Waals surface area contributed by atoms with Crippen LogP contribution in [0.1, 0.15) is 5.56 Å². The molecule has 0 aliphatic rings. The summed E-state index contributed by atoms with van der Waals surface area (Å²) < 4.78 is 10.1. The van der Waals surface area contributed by atoms with Crippen LogP contribution in [-0.2, 0) is 16.1 Å². The molecule has 0 unspecified atom stereocenters. The van der Waals surface area contributed by atoms with Gasteiger partial charge in [0.05, 0.1) is 19.8 Å². The summed E-state index contributed by atoms with van der Waals surface area (Å²) >= 11 is 1.69. The molecule has 0 fully saturated rings. The van der Waals surface area contributed by atoms with Crippen molar-refractivity contribution in [3.63, 3.8) is 0 Å². The zero-order valence-electron chi connectivity index (χ0n) is 6.58. The molecule has 0 bridgehead atoms. The molecule has 0 N–H and O–H groups in total. The molecule has 1 aromatic rings. The second-order valence-corrected chi connectivity index (χ2v) is 2.96. The third-order valence-corrected chi connectivity index (χ3v) is 2.01. The van der Waals surface area contributed by atoms with Crippen LogP contribution in [0.4, 0.5) is 0 Å². The van der Waals surface area contributed by atoms with E-state index in [2.05, 4.69) is 16.8 Å². The standard InChI is InChI=1S/C8H12O2S/c1-9-3-4-10-6-8-2-5-11-7-8/h2,5,7H,3-4,6H2,1H3. The molecule has 3 heteroatoms. The van der Waals surface area contributed by atoms with Gasteiger partial charge in [0.25, 0.3) is 0 Å². The Morgan fingerprint density at radius 2 is 2.36 bits per heavy atom. The first kappa shape index (κ1) is 8.71. The van der Waals surface area contributed by atoms with Crippen LogP contribution in [-0.4, -0.2) is 20.3 Å². The largest absolute Gasteiger partial charge is 0.382 e. The fourth-order valence-electron chi connectivity index (χ4n) is 0.707. The summed E-state index contributed by atoms with van der Waals surface area (Å²) in [4.78, 5) is 0. The van der Waals surface area contributed by atoms with Crippen molar-refractivity contribution in [1.82, 2.24) is 0 Å². The van der Waals surface area contributed by atoms with Gasteiger partial charge in [-0.05, 0) is 22.4 Å². The molecule has 0 aliphatic carbocycles. The molecule has 1 heterocycles. The maximum atomic E-state index is 5.30. The van der Waals surface area contributed by atoms with Crippen LogP contribution in [0.3, 0.4) is 0 Å². The Bertz CT molecular complexity index is 172. The molecule has 1 rings (SSSR count). The molecule has 2 nitrogen and oxygen atoms in total. The van der Waals surface area contributed by atoms with E-state index in [1.807, 2.05) is 0 Å². The van der Waals surface area contributed by atoms with E-state index in [-0.39, 0.29) is 0 Å². The van der Waals surface area contributed by atoms with Crippen molar-refractivity contribution >= 4 is 11.3 Å². The van der Waals surface area contributed by atoms with E-state index in [1.54, 1.807) is 18.4 Å². The minimum Gasteiger partial charge on any atom is -0.382 e. The Hall–Kier alpha value is -0.380. The van der Waals surface area contributed by atoms with E-state index < -0.39 is 0 Å². The molecule has 0 spiro atoms. The van der Waals surface area contributed by atoms with Crippen LogP contribution in [0.15, 0.2) is 16.8 Å². The van der Waals surface area contributed by atoms with Crippen LogP contribution >= 0.6 is 11.3 Å². The summed E-state index contributed by atoms with van der Waals surface area (Å²) in [5, 5.41) is 4.14. The first-order valence-electron chi connectivity index (χ1n) is 3.51. The van der Waals surface area contributed by atoms with Crippen LogP contribution in [0.25, 0.3) is 0 Å². The number of methoxy groups -OCH3 is 1. The van der Waals surface area contributed by atoms with Crippen LogP contribution < -0.4 is 0 Å². The topological polar surface area (TPSA) is 18.5 Å². The van der Waals surface area contributed by atoms with Gasteiger partial charge < -0.3 is 9.47 Å². The van der Waals surface area contributed by atoms with Gasteiger partial charge in [-0.2, -0.15) is 11.3 Å². The first-order chi connectivity index (χ1) is 5.43.